The summed E-state index contributed by atoms with van der Waals surface area (Å²) in [5.41, 5.74) is -1.98. The third-order valence-corrected chi connectivity index (χ3v) is 3.73. The van der Waals surface area contributed by atoms with Crippen molar-refractivity contribution < 1.29 is 26.4 Å². The molecule has 0 bridgehead atoms. The first-order valence-corrected chi connectivity index (χ1v) is 7.29. The number of hydrogen-bond donors (Lipinski definition) is 2. The van der Waals surface area contributed by atoms with Crippen molar-refractivity contribution in [3.63, 3.8) is 0 Å². The van der Waals surface area contributed by atoms with Crippen LogP contribution in [0.5, 0.6) is 0 Å². The highest BCUT2D eigenvalue weighted by atomic mass is 35.5. The van der Waals surface area contributed by atoms with Gasteiger partial charge in [-0.1, -0.05) is 0 Å². The van der Waals surface area contributed by atoms with Gasteiger partial charge in [-0.15, -0.1) is 11.6 Å². The van der Waals surface area contributed by atoms with Gasteiger partial charge >= 0.3 is 6.18 Å². The number of nitrogens with one attached hydrogen (secondary N) is 2. The van der Waals surface area contributed by atoms with Crippen LogP contribution >= 0.6 is 11.6 Å². The highest BCUT2D eigenvalue weighted by molar-refractivity contribution is 7.93. The van der Waals surface area contributed by atoms with E-state index in [2.05, 4.69) is 5.32 Å². The molecule has 0 aliphatic rings. The summed E-state index contributed by atoms with van der Waals surface area (Å²) in [6.45, 7) is 1.14. The second kappa shape index (κ2) is 5.88. The second-order valence-corrected chi connectivity index (χ2v) is 6.07. The number of carbonyl (C=O) groups is 1. The maximum absolute atomic E-state index is 12.9. The summed E-state index contributed by atoms with van der Waals surface area (Å²) in [4.78, 5) is 10.8. The molecule has 0 fully saturated rings. The van der Waals surface area contributed by atoms with Crippen LogP contribution in [0, 0.1) is 0 Å². The van der Waals surface area contributed by atoms with Crippen molar-refractivity contribution in [3.05, 3.63) is 23.8 Å². The summed E-state index contributed by atoms with van der Waals surface area (Å²) in [5.74, 6) is -0.549. The molecule has 2 N–H and O–H groups in total. The summed E-state index contributed by atoms with van der Waals surface area (Å²) in [5, 5.41) is 1.30. The molecular weight excluding hydrogens is 321 g/mol. The van der Waals surface area contributed by atoms with Crippen LogP contribution < -0.4 is 10.0 Å². The number of carbonyl (C=O) groups excluding carboxylic acids is 1. The van der Waals surface area contributed by atoms with Crippen LogP contribution in [-0.4, -0.2) is 19.5 Å². The molecular formula is C10H10ClF3N2O3S. The normalized spacial score (nSPS) is 12.1. The largest absolute Gasteiger partial charge is 0.418 e. The van der Waals surface area contributed by atoms with Crippen molar-refractivity contribution in [1.82, 2.24) is 0 Å². The number of halogens is 4. The molecule has 0 aliphatic heterocycles. The van der Waals surface area contributed by atoms with E-state index in [1.807, 2.05) is 0 Å². The van der Waals surface area contributed by atoms with Crippen LogP contribution in [-0.2, 0) is 21.0 Å². The number of anilines is 2. The van der Waals surface area contributed by atoms with Crippen molar-refractivity contribution >= 4 is 38.9 Å². The van der Waals surface area contributed by atoms with Crippen molar-refractivity contribution in [2.75, 3.05) is 15.3 Å². The zero-order valence-electron chi connectivity index (χ0n) is 10.1. The average molecular weight is 331 g/mol. The molecule has 20 heavy (non-hydrogen) atoms. The van der Waals surface area contributed by atoms with E-state index >= 15 is 0 Å². The lowest BCUT2D eigenvalue weighted by Crippen LogP contribution is -2.18. The predicted molar refractivity (Wildman–Crippen MR) is 69.0 cm³/mol. The molecule has 112 valence electrons. The van der Waals surface area contributed by atoms with Crippen molar-refractivity contribution in [1.29, 1.82) is 0 Å². The van der Waals surface area contributed by atoms with Crippen LogP contribution in [0.1, 0.15) is 12.5 Å². The molecule has 0 radical (unpaired) electrons. The SMILES string of the molecule is CC(=O)Nc1ccc(NS(=O)(=O)CCl)c(C(F)(F)F)c1. The van der Waals surface area contributed by atoms with Gasteiger partial charge in [-0.25, -0.2) is 8.42 Å². The van der Waals surface area contributed by atoms with E-state index in [9.17, 15) is 26.4 Å². The van der Waals surface area contributed by atoms with E-state index in [4.69, 9.17) is 11.6 Å². The molecule has 1 amide bonds. The molecule has 0 saturated carbocycles. The van der Waals surface area contributed by atoms with Gasteiger partial charge in [0.2, 0.25) is 15.9 Å². The zero-order chi connectivity index (χ0) is 15.6. The quantitative estimate of drug-likeness (QED) is 0.833. The van der Waals surface area contributed by atoms with Gasteiger partial charge in [0.25, 0.3) is 0 Å². The Labute approximate surface area is 118 Å². The number of hydrogen-bond acceptors (Lipinski definition) is 3. The molecule has 0 heterocycles. The number of rotatable bonds is 4. The molecule has 0 aliphatic carbocycles. The summed E-state index contributed by atoms with van der Waals surface area (Å²) >= 11 is 5.12. The topological polar surface area (TPSA) is 75.3 Å². The number of alkyl halides is 4. The lowest BCUT2D eigenvalue weighted by molar-refractivity contribution is -0.136. The Bertz CT molecular complexity index is 617. The fourth-order valence-electron chi connectivity index (χ4n) is 1.34. The van der Waals surface area contributed by atoms with Gasteiger partial charge in [0.05, 0.1) is 11.3 Å². The van der Waals surface area contributed by atoms with Gasteiger partial charge in [-0.05, 0) is 18.2 Å². The molecule has 0 spiro atoms. The highest BCUT2D eigenvalue weighted by Crippen LogP contribution is 2.37. The minimum Gasteiger partial charge on any atom is -0.326 e. The van der Waals surface area contributed by atoms with Crippen molar-refractivity contribution in [2.45, 2.75) is 13.1 Å². The van der Waals surface area contributed by atoms with E-state index in [0.29, 0.717) is 6.07 Å². The third kappa shape index (κ3) is 4.57. The van der Waals surface area contributed by atoms with E-state index in [-0.39, 0.29) is 5.69 Å². The fourth-order valence-corrected chi connectivity index (χ4v) is 2.07. The van der Waals surface area contributed by atoms with E-state index in [1.165, 1.54) is 0 Å². The smallest absolute Gasteiger partial charge is 0.326 e. The number of benzene rings is 1. The van der Waals surface area contributed by atoms with Crippen LogP contribution in [0.2, 0.25) is 0 Å². The molecule has 1 aromatic rings. The minimum atomic E-state index is -4.79. The first-order valence-electron chi connectivity index (χ1n) is 5.10. The van der Waals surface area contributed by atoms with E-state index < -0.39 is 38.6 Å². The maximum atomic E-state index is 12.9. The summed E-state index contributed by atoms with van der Waals surface area (Å²) in [6.07, 6.45) is -4.79. The number of amides is 1. The molecule has 0 atom stereocenters. The molecule has 10 heteroatoms. The predicted octanol–water partition coefficient (Wildman–Crippen LogP) is 2.60. The lowest BCUT2D eigenvalue weighted by atomic mass is 10.1. The van der Waals surface area contributed by atoms with Gasteiger partial charge in [-0.2, -0.15) is 13.2 Å². The van der Waals surface area contributed by atoms with Gasteiger partial charge in [-0.3, -0.25) is 9.52 Å². The van der Waals surface area contributed by atoms with E-state index in [1.54, 1.807) is 4.72 Å². The molecule has 0 unspecified atom stereocenters. The van der Waals surface area contributed by atoms with Crippen LogP contribution in [0.4, 0.5) is 24.5 Å². The standard InChI is InChI=1S/C10H10ClF3N2O3S/c1-6(17)15-7-2-3-9(16-20(18,19)5-11)8(4-7)10(12,13)14/h2-4,16H,5H2,1H3,(H,15,17). The Kier molecular flexibility index (Phi) is 4.87. The minimum absolute atomic E-state index is 0.0985. The van der Waals surface area contributed by atoms with Crippen LogP contribution in [0.25, 0.3) is 0 Å². The van der Waals surface area contributed by atoms with Crippen molar-refractivity contribution in [3.8, 4) is 0 Å². The summed E-state index contributed by atoms with van der Waals surface area (Å²) < 4.78 is 62.8. The Hall–Kier alpha value is -1.48. The lowest BCUT2D eigenvalue weighted by Gasteiger charge is -2.15. The number of sulfonamides is 1. The maximum Gasteiger partial charge on any atom is 0.418 e. The van der Waals surface area contributed by atoms with E-state index in [0.717, 1.165) is 19.1 Å². The second-order valence-electron chi connectivity index (χ2n) is 3.77. The van der Waals surface area contributed by atoms with Crippen LogP contribution in [0.15, 0.2) is 18.2 Å². The molecule has 5 nitrogen and oxygen atoms in total. The third-order valence-electron chi connectivity index (χ3n) is 2.05. The Morgan fingerprint density at radius 2 is 1.95 bits per heavy atom. The van der Waals surface area contributed by atoms with Gasteiger partial charge in [0, 0.05) is 12.6 Å². The van der Waals surface area contributed by atoms with Crippen molar-refractivity contribution in [2.24, 2.45) is 0 Å². The average Bonchev–Trinajstić information content (AvgIpc) is 2.29. The summed E-state index contributed by atoms with van der Waals surface area (Å²) in [7, 11) is -4.06. The fraction of sp³-hybridized carbons (Fsp3) is 0.300. The first-order chi connectivity index (χ1) is 9.05. The van der Waals surface area contributed by atoms with Gasteiger partial charge < -0.3 is 5.32 Å². The van der Waals surface area contributed by atoms with Crippen LogP contribution in [0.3, 0.4) is 0 Å². The molecule has 1 rings (SSSR count). The van der Waals surface area contributed by atoms with Gasteiger partial charge in [0.1, 0.15) is 5.21 Å². The zero-order valence-corrected chi connectivity index (χ0v) is 11.7. The molecule has 0 aromatic heterocycles. The Morgan fingerprint density at radius 3 is 2.40 bits per heavy atom. The Morgan fingerprint density at radius 1 is 1.35 bits per heavy atom. The van der Waals surface area contributed by atoms with Gasteiger partial charge in [0.15, 0.2) is 0 Å². The Balaban J connectivity index is 3.28. The first kappa shape index (κ1) is 16.6. The molecule has 0 saturated heterocycles. The monoisotopic (exact) mass is 330 g/mol. The molecule has 1 aromatic carbocycles. The highest BCUT2D eigenvalue weighted by Gasteiger charge is 2.34. The summed E-state index contributed by atoms with van der Waals surface area (Å²) in [6, 6.07) is 2.68.